The predicted octanol–water partition coefficient (Wildman–Crippen LogP) is 2.20. The lowest BCUT2D eigenvalue weighted by Gasteiger charge is -2.31. The van der Waals surface area contributed by atoms with Crippen LogP contribution in [0.2, 0.25) is 0 Å². The molecule has 1 aliphatic heterocycles. The lowest BCUT2D eigenvalue weighted by atomic mass is 9.96. The normalized spacial score (nSPS) is 17.0. The first kappa shape index (κ1) is 14.1. The van der Waals surface area contributed by atoms with Crippen LogP contribution in [0.4, 0.5) is 0 Å². The van der Waals surface area contributed by atoms with E-state index in [-0.39, 0.29) is 0 Å². The van der Waals surface area contributed by atoms with Crippen LogP contribution in [0.3, 0.4) is 0 Å². The number of likely N-dealkylation sites (tertiary alicyclic amines) is 1. The summed E-state index contributed by atoms with van der Waals surface area (Å²) in [5.41, 5.74) is 1.32. The minimum absolute atomic E-state index is 0.716. The van der Waals surface area contributed by atoms with E-state index in [1.165, 1.54) is 18.4 Å². The first-order valence-electron chi connectivity index (χ1n) is 7.53. The molecule has 0 radical (unpaired) electrons. The smallest absolute Gasteiger partial charge is 0.119 e. The number of benzene rings is 1. The van der Waals surface area contributed by atoms with Crippen LogP contribution in [-0.4, -0.2) is 40.1 Å². The number of nitrogens with zero attached hydrogens (tertiary/aromatic N) is 4. The standard InChI is InChI=1S/C16H22N4O/c1-21-16-4-2-3-15(11-16)12-19-8-5-14(6-9-19)13-20-10-7-17-18-20/h2-4,7,10-11,14H,5-6,8-9,12-13H2,1H3. The minimum atomic E-state index is 0.716. The fourth-order valence-corrected chi connectivity index (χ4v) is 2.95. The molecule has 1 aromatic carbocycles. The van der Waals surface area contributed by atoms with Gasteiger partial charge in [0.25, 0.3) is 0 Å². The van der Waals surface area contributed by atoms with Gasteiger partial charge >= 0.3 is 0 Å². The maximum Gasteiger partial charge on any atom is 0.119 e. The second kappa shape index (κ2) is 6.72. The maximum absolute atomic E-state index is 5.29. The van der Waals surface area contributed by atoms with Crippen LogP contribution in [0.5, 0.6) is 5.75 Å². The van der Waals surface area contributed by atoms with Crippen LogP contribution < -0.4 is 4.74 Å². The molecule has 0 N–H and O–H groups in total. The van der Waals surface area contributed by atoms with Crippen molar-refractivity contribution >= 4 is 0 Å². The lowest BCUT2D eigenvalue weighted by Crippen LogP contribution is -2.34. The Kier molecular flexibility index (Phi) is 4.50. The molecule has 0 amide bonds. The maximum atomic E-state index is 5.29. The van der Waals surface area contributed by atoms with Gasteiger partial charge in [-0.3, -0.25) is 9.58 Å². The van der Waals surface area contributed by atoms with Gasteiger partial charge in [0.05, 0.1) is 13.3 Å². The van der Waals surface area contributed by atoms with E-state index in [1.807, 2.05) is 16.9 Å². The number of hydrogen-bond acceptors (Lipinski definition) is 4. The van der Waals surface area contributed by atoms with Crippen molar-refractivity contribution in [2.24, 2.45) is 5.92 Å². The Morgan fingerprint density at radius 1 is 1.29 bits per heavy atom. The quantitative estimate of drug-likeness (QED) is 0.845. The zero-order chi connectivity index (χ0) is 14.5. The van der Waals surface area contributed by atoms with Crippen molar-refractivity contribution in [1.82, 2.24) is 19.9 Å². The summed E-state index contributed by atoms with van der Waals surface area (Å²) in [6.07, 6.45) is 6.15. The molecule has 0 spiro atoms. The average molecular weight is 286 g/mol. The van der Waals surface area contributed by atoms with Crippen LogP contribution in [0, 0.1) is 5.92 Å². The van der Waals surface area contributed by atoms with E-state index >= 15 is 0 Å². The van der Waals surface area contributed by atoms with Crippen molar-refractivity contribution in [3.05, 3.63) is 42.2 Å². The van der Waals surface area contributed by atoms with Crippen molar-refractivity contribution in [3.63, 3.8) is 0 Å². The molecule has 1 saturated heterocycles. The highest BCUT2D eigenvalue weighted by Gasteiger charge is 2.19. The Balaban J connectivity index is 1.49. The Bertz CT molecular complexity index is 547. The molecule has 1 fully saturated rings. The van der Waals surface area contributed by atoms with E-state index in [0.29, 0.717) is 5.92 Å². The first-order valence-corrected chi connectivity index (χ1v) is 7.53. The number of hydrogen-bond donors (Lipinski definition) is 0. The highest BCUT2D eigenvalue weighted by atomic mass is 16.5. The first-order chi connectivity index (χ1) is 10.3. The summed E-state index contributed by atoms with van der Waals surface area (Å²) in [4.78, 5) is 2.52. The number of ether oxygens (including phenoxy) is 1. The SMILES string of the molecule is COc1cccc(CN2CCC(Cn3ccnn3)CC2)c1. The van der Waals surface area contributed by atoms with Gasteiger partial charge < -0.3 is 4.74 Å². The largest absolute Gasteiger partial charge is 0.497 e. The molecule has 1 aromatic heterocycles. The summed E-state index contributed by atoms with van der Waals surface area (Å²) >= 11 is 0. The molecule has 0 unspecified atom stereocenters. The van der Waals surface area contributed by atoms with Gasteiger partial charge in [0.2, 0.25) is 0 Å². The fraction of sp³-hybridized carbons (Fsp3) is 0.500. The minimum Gasteiger partial charge on any atom is -0.497 e. The Morgan fingerprint density at radius 3 is 2.86 bits per heavy atom. The molecule has 0 aliphatic carbocycles. The molecule has 5 heteroatoms. The van der Waals surface area contributed by atoms with Gasteiger partial charge in [-0.2, -0.15) is 0 Å². The second-order valence-corrected chi connectivity index (χ2v) is 5.70. The molecule has 21 heavy (non-hydrogen) atoms. The average Bonchev–Trinajstić information content (AvgIpc) is 3.02. The van der Waals surface area contributed by atoms with E-state index in [2.05, 4.69) is 33.4 Å². The molecule has 5 nitrogen and oxygen atoms in total. The zero-order valence-electron chi connectivity index (χ0n) is 12.5. The van der Waals surface area contributed by atoms with Crippen molar-refractivity contribution in [2.75, 3.05) is 20.2 Å². The summed E-state index contributed by atoms with van der Waals surface area (Å²) in [7, 11) is 1.72. The van der Waals surface area contributed by atoms with Gasteiger partial charge in [0, 0.05) is 19.3 Å². The highest BCUT2D eigenvalue weighted by Crippen LogP contribution is 2.21. The molecule has 2 heterocycles. The van der Waals surface area contributed by atoms with Gasteiger partial charge in [-0.1, -0.05) is 17.3 Å². The van der Waals surface area contributed by atoms with Crippen LogP contribution in [-0.2, 0) is 13.1 Å². The Hall–Kier alpha value is -1.88. The van der Waals surface area contributed by atoms with E-state index < -0.39 is 0 Å². The zero-order valence-corrected chi connectivity index (χ0v) is 12.5. The van der Waals surface area contributed by atoms with Crippen LogP contribution in [0.25, 0.3) is 0 Å². The summed E-state index contributed by atoms with van der Waals surface area (Å²) in [6, 6.07) is 8.35. The van der Waals surface area contributed by atoms with E-state index in [4.69, 9.17) is 4.74 Å². The van der Waals surface area contributed by atoms with Crippen LogP contribution in [0.15, 0.2) is 36.7 Å². The van der Waals surface area contributed by atoms with Gasteiger partial charge in [-0.05, 0) is 49.5 Å². The molecule has 3 rings (SSSR count). The van der Waals surface area contributed by atoms with Crippen molar-refractivity contribution in [3.8, 4) is 5.75 Å². The lowest BCUT2D eigenvalue weighted by molar-refractivity contribution is 0.164. The van der Waals surface area contributed by atoms with E-state index in [1.54, 1.807) is 13.3 Å². The molecule has 0 bridgehead atoms. The summed E-state index contributed by atoms with van der Waals surface area (Å²) in [5, 5.41) is 7.92. The van der Waals surface area contributed by atoms with Crippen molar-refractivity contribution in [2.45, 2.75) is 25.9 Å². The van der Waals surface area contributed by atoms with Gasteiger partial charge in [-0.15, -0.1) is 5.10 Å². The van der Waals surface area contributed by atoms with Crippen molar-refractivity contribution in [1.29, 1.82) is 0 Å². The van der Waals surface area contributed by atoms with Crippen LogP contribution >= 0.6 is 0 Å². The topological polar surface area (TPSA) is 43.2 Å². The Morgan fingerprint density at radius 2 is 2.14 bits per heavy atom. The molecule has 0 atom stereocenters. The molecular weight excluding hydrogens is 264 g/mol. The highest BCUT2D eigenvalue weighted by molar-refractivity contribution is 5.28. The molecule has 1 aliphatic rings. The number of rotatable bonds is 5. The molecule has 0 saturated carbocycles. The van der Waals surface area contributed by atoms with Gasteiger partial charge in [0.15, 0.2) is 0 Å². The third kappa shape index (κ3) is 3.82. The number of methoxy groups -OCH3 is 1. The number of aromatic nitrogens is 3. The summed E-state index contributed by atoms with van der Waals surface area (Å²) < 4.78 is 7.23. The summed E-state index contributed by atoms with van der Waals surface area (Å²) in [5.74, 6) is 1.65. The molecular formula is C16H22N4O. The summed E-state index contributed by atoms with van der Waals surface area (Å²) in [6.45, 7) is 4.30. The van der Waals surface area contributed by atoms with Crippen molar-refractivity contribution < 1.29 is 4.74 Å². The predicted molar refractivity (Wildman–Crippen MR) is 81.0 cm³/mol. The van der Waals surface area contributed by atoms with Gasteiger partial charge in [0.1, 0.15) is 5.75 Å². The van der Waals surface area contributed by atoms with E-state index in [9.17, 15) is 0 Å². The molecule has 112 valence electrons. The van der Waals surface area contributed by atoms with Crippen LogP contribution in [0.1, 0.15) is 18.4 Å². The number of piperidine rings is 1. The monoisotopic (exact) mass is 286 g/mol. The second-order valence-electron chi connectivity index (χ2n) is 5.70. The third-order valence-corrected chi connectivity index (χ3v) is 4.16. The molecule has 2 aromatic rings. The van der Waals surface area contributed by atoms with E-state index in [0.717, 1.165) is 31.9 Å². The third-order valence-electron chi connectivity index (χ3n) is 4.16. The fourth-order valence-electron chi connectivity index (χ4n) is 2.95. The Labute approximate surface area is 125 Å². The van der Waals surface area contributed by atoms with Gasteiger partial charge in [-0.25, -0.2) is 0 Å².